The lowest BCUT2D eigenvalue weighted by atomic mass is 10.3. The Morgan fingerprint density at radius 2 is 1.60 bits per heavy atom. The number of carbonyl (C=O) groups excluding carboxylic acids is 1. The van der Waals surface area contributed by atoms with E-state index in [1.165, 1.54) is 0 Å². The molecule has 1 aromatic rings. The van der Waals surface area contributed by atoms with Crippen molar-refractivity contribution < 1.29 is 18.1 Å². The minimum atomic E-state index is -4.11. The van der Waals surface area contributed by atoms with Crippen LogP contribution in [0.5, 0.6) is 0 Å². The van der Waals surface area contributed by atoms with Gasteiger partial charge in [-0.2, -0.15) is 0 Å². The van der Waals surface area contributed by atoms with Crippen LogP contribution >= 0.6 is 11.6 Å². The van der Waals surface area contributed by atoms with E-state index in [0.29, 0.717) is 13.1 Å². The lowest BCUT2D eigenvalue weighted by molar-refractivity contribution is -0.384. The van der Waals surface area contributed by atoms with Crippen molar-refractivity contribution in [3.05, 3.63) is 33.3 Å². The molecule has 0 aliphatic heterocycles. The fourth-order valence-electron chi connectivity index (χ4n) is 2.67. The predicted octanol–water partition coefficient (Wildman–Crippen LogP) is 1.26. The van der Waals surface area contributed by atoms with Gasteiger partial charge >= 0.3 is 0 Å². The van der Waals surface area contributed by atoms with Gasteiger partial charge in [0.05, 0.1) is 16.4 Å². The third kappa shape index (κ3) is 8.92. The summed E-state index contributed by atoms with van der Waals surface area (Å²) >= 11 is 5.73. The molecule has 0 aromatic heterocycles. The number of nitrogens with one attached hydrogen (secondary N) is 1. The van der Waals surface area contributed by atoms with E-state index >= 15 is 0 Å². The first-order chi connectivity index (χ1) is 13.9. The highest BCUT2D eigenvalue weighted by Crippen LogP contribution is 2.26. The van der Waals surface area contributed by atoms with Crippen molar-refractivity contribution in [2.24, 2.45) is 0 Å². The molecular formula is C18H30ClN5O5S. The van der Waals surface area contributed by atoms with Gasteiger partial charge in [0.1, 0.15) is 5.02 Å². The Hall–Kier alpha value is -1.79. The Morgan fingerprint density at radius 3 is 2.07 bits per heavy atom. The molecule has 0 spiro atoms. The summed E-state index contributed by atoms with van der Waals surface area (Å²) in [5, 5.41) is 10.8. The highest BCUT2D eigenvalue weighted by Gasteiger charge is 2.22. The van der Waals surface area contributed by atoms with E-state index in [-0.39, 0.29) is 15.8 Å². The average molecular weight is 464 g/mol. The Bertz CT molecular complexity index is 818. The highest BCUT2D eigenvalue weighted by atomic mass is 35.5. The van der Waals surface area contributed by atoms with Gasteiger partial charge in [-0.25, -0.2) is 13.1 Å². The number of nitro benzene ring substituents is 1. The summed E-state index contributed by atoms with van der Waals surface area (Å²) in [6.45, 7) is 2.20. The van der Waals surface area contributed by atoms with Crippen molar-refractivity contribution in [1.29, 1.82) is 0 Å². The van der Waals surface area contributed by atoms with Crippen LogP contribution in [0.15, 0.2) is 23.1 Å². The van der Waals surface area contributed by atoms with E-state index in [2.05, 4.69) is 4.72 Å². The number of hydrogen-bond acceptors (Lipinski definition) is 7. The molecule has 0 atom stereocenters. The molecule has 0 heterocycles. The molecular weight excluding hydrogens is 434 g/mol. The molecule has 1 rings (SSSR count). The lowest BCUT2D eigenvalue weighted by Gasteiger charge is -2.24. The smallest absolute Gasteiger partial charge is 0.289 e. The summed E-state index contributed by atoms with van der Waals surface area (Å²) in [6.07, 6.45) is 1.52. The van der Waals surface area contributed by atoms with Gasteiger partial charge in [0.25, 0.3) is 5.69 Å². The van der Waals surface area contributed by atoms with E-state index in [0.717, 1.165) is 44.1 Å². The summed E-state index contributed by atoms with van der Waals surface area (Å²) in [5.74, 6) is -0.348. The minimum Gasteiger partial charge on any atom is -0.341 e. The summed E-state index contributed by atoms with van der Waals surface area (Å²) in [7, 11) is 3.66. The monoisotopic (exact) mass is 463 g/mol. The molecule has 0 aliphatic rings. The molecule has 1 aromatic carbocycles. The van der Waals surface area contributed by atoms with Crippen molar-refractivity contribution >= 4 is 33.2 Å². The number of halogens is 1. The van der Waals surface area contributed by atoms with Gasteiger partial charge in [-0.15, -0.1) is 0 Å². The maximum atomic E-state index is 12.6. The number of benzene rings is 1. The fourth-order valence-corrected chi connectivity index (χ4v) is 3.85. The number of nitrogens with zero attached hydrogens (tertiary/aromatic N) is 4. The number of amides is 1. The van der Waals surface area contributed by atoms with Crippen LogP contribution in [-0.2, 0) is 14.8 Å². The molecule has 0 saturated carbocycles. The van der Waals surface area contributed by atoms with E-state index < -0.39 is 27.2 Å². The quantitative estimate of drug-likeness (QED) is 0.345. The molecule has 170 valence electrons. The maximum Gasteiger partial charge on any atom is 0.289 e. The van der Waals surface area contributed by atoms with Gasteiger partial charge in [-0.1, -0.05) is 11.6 Å². The third-order valence-electron chi connectivity index (χ3n) is 4.26. The fraction of sp³-hybridized carbons (Fsp3) is 0.611. The molecule has 1 N–H and O–H groups in total. The SMILES string of the molecule is CN(C)CCCN(CCCN(C)C)C(=O)CNS(=O)(=O)c1ccc(Cl)c([N+](=O)[O-])c1. The molecule has 0 unspecified atom stereocenters. The van der Waals surface area contributed by atoms with Crippen molar-refractivity contribution in [1.82, 2.24) is 19.4 Å². The zero-order chi connectivity index (χ0) is 22.9. The first kappa shape index (κ1) is 26.2. The Balaban J connectivity index is 2.81. The molecule has 0 aliphatic carbocycles. The molecule has 0 bridgehead atoms. The van der Waals surface area contributed by atoms with Crippen molar-refractivity contribution in [2.45, 2.75) is 17.7 Å². The van der Waals surface area contributed by atoms with E-state index in [1.54, 1.807) is 4.90 Å². The first-order valence-corrected chi connectivity index (χ1v) is 11.3. The van der Waals surface area contributed by atoms with Crippen LogP contribution in [0, 0.1) is 10.1 Å². The van der Waals surface area contributed by atoms with Crippen LogP contribution in [0.3, 0.4) is 0 Å². The van der Waals surface area contributed by atoms with Crippen LogP contribution in [0.25, 0.3) is 0 Å². The van der Waals surface area contributed by atoms with Gasteiger partial charge in [0.15, 0.2) is 0 Å². The van der Waals surface area contributed by atoms with Gasteiger partial charge in [-0.3, -0.25) is 14.9 Å². The number of carbonyl (C=O) groups is 1. The van der Waals surface area contributed by atoms with Crippen molar-refractivity contribution in [2.75, 3.05) is 60.9 Å². The maximum absolute atomic E-state index is 12.6. The molecule has 10 nitrogen and oxygen atoms in total. The largest absolute Gasteiger partial charge is 0.341 e. The Morgan fingerprint density at radius 1 is 1.07 bits per heavy atom. The number of rotatable bonds is 13. The summed E-state index contributed by atoms with van der Waals surface area (Å²) in [5.41, 5.74) is -0.514. The van der Waals surface area contributed by atoms with E-state index in [4.69, 9.17) is 11.6 Å². The van der Waals surface area contributed by atoms with Crippen LogP contribution < -0.4 is 4.72 Å². The van der Waals surface area contributed by atoms with Gasteiger partial charge in [0.2, 0.25) is 15.9 Å². The number of sulfonamides is 1. The Kier molecular flexibility index (Phi) is 10.6. The van der Waals surface area contributed by atoms with Crippen molar-refractivity contribution in [3.63, 3.8) is 0 Å². The van der Waals surface area contributed by atoms with Crippen LogP contribution in [0.2, 0.25) is 5.02 Å². The second-order valence-corrected chi connectivity index (χ2v) is 9.56. The van der Waals surface area contributed by atoms with E-state index in [1.807, 2.05) is 38.0 Å². The van der Waals surface area contributed by atoms with Gasteiger partial charge < -0.3 is 14.7 Å². The van der Waals surface area contributed by atoms with Gasteiger partial charge in [0, 0.05) is 19.2 Å². The summed E-state index contributed by atoms with van der Waals surface area (Å²) in [6, 6.07) is 3.18. The molecule has 0 saturated heterocycles. The highest BCUT2D eigenvalue weighted by molar-refractivity contribution is 7.89. The topological polar surface area (TPSA) is 116 Å². The average Bonchev–Trinajstić information content (AvgIpc) is 2.64. The second kappa shape index (κ2) is 12.2. The van der Waals surface area contributed by atoms with Crippen molar-refractivity contribution in [3.8, 4) is 0 Å². The molecule has 1 amide bonds. The predicted molar refractivity (Wildman–Crippen MR) is 116 cm³/mol. The Labute approximate surface area is 183 Å². The zero-order valence-corrected chi connectivity index (χ0v) is 19.4. The minimum absolute atomic E-state index is 0.164. The molecule has 12 heteroatoms. The zero-order valence-electron chi connectivity index (χ0n) is 17.8. The standard InChI is InChI=1S/C18H30ClN5O5S/c1-21(2)9-5-11-23(12-6-10-22(3)4)18(25)14-20-30(28,29)15-7-8-16(19)17(13-15)24(26)27/h7-8,13,20H,5-6,9-12,14H2,1-4H3. The van der Waals surface area contributed by atoms with Crippen LogP contribution in [0.4, 0.5) is 5.69 Å². The van der Waals surface area contributed by atoms with E-state index in [9.17, 15) is 23.3 Å². The lowest BCUT2D eigenvalue weighted by Crippen LogP contribution is -2.42. The van der Waals surface area contributed by atoms with Gasteiger partial charge in [-0.05, 0) is 66.3 Å². The summed E-state index contributed by atoms with van der Waals surface area (Å²) in [4.78, 5) is 28.2. The number of hydrogen-bond donors (Lipinski definition) is 1. The second-order valence-electron chi connectivity index (χ2n) is 7.39. The first-order valence-electron chi connectivity index (χ1n) is 9.45. The molecule has 30 heavy (non-hydrogen) atoms. The molecule has 0 radical (unpaired) electrons. The van der Waals surface area contributed by atoms with Crippen LogP contribution in [-0.4, -0.2) is 94.9 Å². The molecule has 0 fully saturated rings. The number of nitro groups is 1. The van der Waals surface area contributed by atoms with Crippen LogP contribution in [0.1, 0.15) is 12.8 Å². The normalized spacial score (nSPS) is 11.8. The summed E-state index contributed by atoms with van der Waals surface area (Å²) < 4.78 is 27.2. The third-order valence-corrected chi connectivity index (χ3v) is 5.98.